The average Bonchev–Trinajstić information content (AvgIpc) is 2.98. The summed E-state index contributed by atoms with van der Waals surface area (Å²) in [5, 5.41) is 7.58. The summed E-state index contributed by atoms with van der Waals surface area (Å²) in [5.41, 5.74) is 3.68. The standard InChI is InChI=1S/C23H18O2/c1-13-7-8-16-11-19-17-6-4-3-5-15(17)9-10-18(19)20-12-21(25-14(2)24)22(13)23(16)20/h3-11,21H,12H2,1-2H3. The fourth-order valence-electron chi connectivity index (χ4n) is 4.42. The minimum Gasteiger partial charge on any atom is -0.457 e. The summed E-state index contributed by atoms with van der Waals surface area (Å²) >= 11 is 0. The molecule has 0 saturated carbocycles. The van der Waals surface area contributed by atoms with E-state index >= 15 is 0 Å². The van der Waals surface area contributed by atoms with Crippen molar-refractivity contribution in [3.05, 3.63) is 71.3 Å². The van der Waals surface area contributed by atoms with Gasteiger partial charge >= 0.3 is 5.97 Å². The maximum atomic E-state index is 11.6. The highest BCUT2D eigenvalue weighted by atomic mass is 16.5. The lowest BCUT2D eigenvalue weighted by molar-refractivity contribution is -0.146. The largest absolute Gasteiger partial charge is 0.457 e. The van der Waals surface area contributed by atoms with Crippen molar-refractivity contribution in [2.75, 3.05) is 0 Å². The van der Waals surface area contributed by atoms with E-state index < -0.39 is 0 Å². The first kappa shape index (κ1) is 14.5. The number of benzene rings is 4. The molecule has 1 aliphatic carbocycles. The Morgan fingerprint density at radius 2 is 1.76 bits per heavy atom. The van der Waals surface area contributed by atoms with E-state index in [4.69, 9.17) is 4.74 Å². The van der Waals surface area contributed by atoms with Crippen molar-refractivity contribution in [2.45, 2.75) is 26.4 Å². The van der Waals surface area contributed by atoms with Crippen LogP contribution in [0.25, 0.3) is 32.3 Å². The first-order chi connectivity index (χ1) is 12.1. The molecule has 5 rings (SSSR count). The molecular formula is C23H18O2. The molecule has 0 heterocycles. The van der Waals surface area contributed by atoms with Gasteiger partial charge in [0.15, 0.2) is 0 Å². The Morgan fingerprint density at radius 3 is 2.60 bits per heavy atom. The predicted octanol–water partition coefficient (Wildman–Crippen LogP) is 5.61. The average molecular weight is 326 g/mol. The number of carbonyl (C=O) groups is 1. The van der Waals surface area contributed by atoms with Crippen LogP contribution in [0.1, 0.15) is 29.7 Å². The molecule has 0 amide bonds. The van der Waals surface area contributed by atoms with Gasteiger partial charge in [-0.25, -0.2) is 0 Å². The summed E-state index contributed by atoms with van der Waals surface area (Å²) < 4.78 is 5.66. The SMILES string of the molecule is CC(=O)OC1Cc2c3ccc4ccccc4c3cc3ccc(C)c1c23. The zero-order chi connectivity index (χ0) is 17.1. The highest BCUT2D eigenvalue weighted by Gasteiger charge is 2.30. The number of ether oxygens (including phenoxy) is 1. The van der Waals surface area contributed by atoms with Crippen LogP contribution in [0.5, 0.6) is 0 Å². The molecule has 1 aliphatic rings. The Hall–Kier alpha value is -2.87. The molecule has 4 aromatic rings. The molecule has 2 nitrogen and oxygen atoms in total. The van der Waals surface area contributed by atoms with Gasteiger partial charge in [0.25, 0.3) is 0 Å². The second-order valence-electron chi connectivity index (χ2n) is 6.93. The molecule has 1 unspecified atom stereocenters. The van der Waals surface area contributed by atoms with Crippen LogP contribution in [0.3, 0.4) is 0 Å². The van der Waals surface area contributed by atoms with E-state index in [1.807, 2.05) is 0 Å². The third-order valence-electron chi connectivity index (χ3n) is 5.41. The van der Waals surface area contributed by atoms with Gasteiger partial charge in [0.1, 0.15) is 6.10 Å². The molecular weight excluding hydrogens is 308 g/mol. The monoisotopic (exact) mass is 326 g/mol. The summed E-state index contributed by atoms with van der Waals surface area (Å²) in [4.78, 5) is 11.6. The third-order valence-corrected chi connectivity index (χ3v) is 5.41. The minimum absolute atomic E-state index is 0.173. The summed E-state index contributed by atoms with van der Waals surface area (Å²) in [6.07, 6.45) is 0.583. The molecule has 122 valence electrons. The third kappa shape index (κ3) is 2.00. The van der Waals surface area contributed by atoms with Crippen molar-refractivity contribution in [3.63, 3.8) is 0 Å². The summed E-state index contributed by atoms with van der Waals surface area (Å²) in [6.45, 7) is 3.59. The topological polar surface area (TPSA) is 26.3 Å². The number of rotatable bonds is 1. The van der Waals surface area contributed by atoms with Gasteiger partial charge < -0.3 is 4.74 Å². The first-order valence-electron chi connectivity index (χ1n) is 8.67. The van der Waals surface area contributed by atoms with Crippen molar-refractivity contribution in [1.82, 2.24) is 0 Å². The zero-order valence-electron chi connectivity index (χ0n) is 14.3. The van der Waals surface area contributed by atoms with E-state index in [2.05, 4.69) is 61.5 Å². The molecule has 0 aliphatic heterocycles. The smallest absolute Gasteiger partial charge is 0.303 e. The Kier molecular flexibility index (Phi) is 2.93. The van der Waals surface area contributed by atoms with Crippen molar-refractivity contribution < 1.29 is 9.53 Å². The molecule has 0 N–H and O–H groups in total. The van der Waals surface area contributed by atoms with Gasteiger partial charge in [0, 0.05) is 18.9 Å². The van der Waals surface area contributed by atoms with Crippen LogP contribution in [0.4, 0.5) is 0 Å². The predicted molar refractivity (Wildman–Crippen MR) is 102 cm³/mol. The zero-order valence-corrected chi connectivity index (χ0v) is 14.3. The van der Waals surface area contributed by atoms with Gasteiger partial charge in [-0.1, -0.05) is 48.5 Å². The number of hydrogen-bond acceptors (Lipinski definition) is 2. The van der Waals surface area contributed by atoms with Gasteiger partial charge in [-0.05, 0) is 56.4 Å². The maximum absolute atomic E-state index is 11.6. The molecule has 0 fully saturated rings. The van der Waals surface area contributed by atoms with Crippen LogP contribution in [-0.4, -0.2) is 5.97 Å². The fourth-order valence-corrected chi connectivity index (χ4v) is 4.42. The van der Waals surface area contributed by atoms with Crippen LogP contribution < -0.4 is 0 Å². The highest BCUT2D eigenvalue weighted by Crippen LogP contribution is 2.45. The van der Waals surface area contributed by atoms with E-state index in [1.165, 1.54) is 55.9 Å². The molecule has 4 aromatic carbocycles. The van der Waals surface area contributed by atoms with E-state index in [0.29, 0.717) is 0 Å². The van der Waals surface area contributed by atoms with Crippen molar-refractivity contribution in [2.24, 2.45) is 0 Å². The lowest BCUT2D eigenvalue weighted by Crippen LogP contribution is -2.08. The van der Waals surface area contributed by atoms with Crippen LogP contribution in [0.2, 0.25) is 0 Å². The second-order valence-corrected chi connectivity index (χ2v) is 6.93. The number of hydrogen-bond donors (Lipinski definition) is 0. The molecule has 1 atom stereocenters. The molecule has 0 spiro atoms. The fraction of sp³-hybridized carbons (Fsp3) is 0.174. The number of aryl methyl sites for hydroxylation is 1. The van der Waals surface area contributed by atoms with Crippen molar-refractivity contribution >= 4 is 38.3 Å². The number of fused-ring (bicyclic) bond motifs is 4. The van der Waals surface area contributed by atoms with Gasteiger partial charge in [-0.15, -0.1) is 0 Å². The number of esters is 1. The molecule has 0 bridgehead atoms. The van der Waals surface area contributed by atoms with E-state index in [0.717, 1.165) is 6.42 Å². The van der Waals surface area contributed by atoms with E-state index in [1.54, 1.807) is 0 Å². The molecule has 25 heavy (non-hydrogen) atoms. The van der Waals surface area contributed by atoms with E-state index in [9.17, 15) is 4.79 Å². The number of carbonyl (C=O) groups excluding carboxylic acids is 1. The molecule has 0 saturated heterocycles. The Bertz CT molecular complexity index is 1190. The molecule has 0 radical (unpaired) electrons. The highest BCUT2D eigenvalue weighted by molar-refractivity contribution is 6.15. The maximum Gasteiger partial charge on any atom is 0.303 e. The Labute approximate surface area is 146 Å². The minimum atomic E-state index is -0.219. The molecule has 2 heteroatoms. The Balaban J connectivity index is 1.91. The van der Waals surface area contributed by atoms with Crippen LogP contribution in [0.15, 0.2) is 54.6 Å². The summed E-state index contributed by atoms with van der Waals surface area (Å²) in [5.74, 6) is -0.219. The Morgan fingerprint density at radius 1 is 0.960 bits per heavy atom. The normalized spacial score (nSPS) is 16.0. The van der Waals surface area contributed by atoms with Crippen molar-refractivity contribution in [1.29, 1.82) is 0 Å². The molecule has 0 aromatic heterocycles. The van der Waals surface area contributed by atoms with Gasteiger partial charge in [0.2, 0.25) is 0 Å². The van der Waals surface area contributed by atoms with Crippen molar-refractivity contribution in [3.8, 4) is 0 Å². The summed E-state index contributed by atoms with van der Waals surface area (Å²) in [6, 6.07) is 19.5. The lowest BCUT2D eigenvalue weighted by Gasteiger charge is -2.14. The van der Waals surface area contributed by atoms with Gasteiger partial charge in [-0.2, -0.15) is 0 Å². The quantitative estimate of drug-likeness (QED) is 0.258. The van der Waals surface area contributed by atoms with Gasteiger partial charge in [-0.3, -0.25) is 4.79 Å². The second kappa shape index (κ2) is 5.06. The van der Waals surface area contributed by atoms with E-state index in [-0.39, 0.29) is 12.1 Å². The van der Waals surface area contributed by atoms with Crippen LogP contribution in [-0.2, 0) is 16.0 Å². The first-order valence-corrected chi connectivity index (χ1v) is 8.67. The van der Waals surface area contributed by atoms with Crippen LogP contribution in [0, 0.1) is 6.92 Å². The van der Waals surface area contributed by atoms with Crippen LogP contribution >= 0.6 is 0 Å². The van der Waals surface area contributed by atoms with Gasteiger partial charge in [0.05, 0.1) is 0 Å². The summed E-state index contributed by atoms with van der Waals surface area (Å²) in [7, 11) is 0. The lowest BCUT2D eigenvalue weighted by atomic mass is 9.93.